The van der Waals surface area contributed by atoms with Crippen molar-refractivity contribution in [1.29, 1.82) is 0 Å². The number of sulfone groups is 1. The van der Waals surface area contributed by atoms with Crippen LogP contribution in [0.3, 0.4) is 0 Å². The quantitative estimate of drug-likeness (QED) is 0.695. The highest BCUT2D eigenvalue weighted by atomic mass is 32.2. The van der Waals surface area contributed by atoms with Crippen molar-refractivity contribution < 1.29 is 17.9 Å². The molecule has 0 atom stereocenters. The molecule has 0 aromatic heterocycles. The van der Waals surface area contributed by atoms with Crippen molar-refractivity contribution >= 4 is 21.2 Å². The van der Waals surface area contributed by atoms with Crippen molar-refractivity contribution in [3.63, 3.8) is 0 Å². The summed E-state index contributed by atoms with van der Waals surface area (Å²) in [6.45, 7) is 0. The number of ether oxygens (including phenoxy) is 2. The van der Waals surface area contributed by atoms with E-state index in [2.05, 4.69) is 0 Å². The highest BCUT2D eigenvalue weighted by molar-refractivity contribution is 7.91. The van der Waals surface area contributed by atoms with Crippen LogP contribution in [0.15, 0.2) is 36.4 Å². The van der Waals surface area contributed by atoms with E-state index in [0.717, 1.165) is 11.1 Å². The zero-order valence-electron chi connectivity index (χ0n) is 14.5. The molecule has 0 aliphatic rings. The number of nitrogens with two attached hydrogens (primary N) is 2. The Morgan fingerprint density at radius 2 is 1.20 bits per heavy atom. The predicted octanol–water partition coefficient (Wildman–Crippen LogP) is 2.07. The third kappa shape index (κ3) is 5.29. The zero-order valence-corrected chi connectivity index (χ0v) is 15.3. The van der Waals surface area contributed by atoms with Gasteiger partial charge in [0.25, 0.3) is 0 Å². The van der Waals surface area contributed by atoms with Crippen LogP contribution in [0.25, 0.3) is 0 Å². The normalized spacial score (nSPS) is 11.3. The lowest BCUT2D eigenvalue weighted by Crippen LogP contribution is -2.16. The van der Waals surface area contributed by atoms with Gasteiger partial charge in [-0.1, -0.05) is 12.1 Å². The second-order valence-corrected chi connectivity index (χ2v) is 8.08. The van der Waals surface area contributed by atoms with Gasteiger partial charge in [-0.2, -0.15) is 0 Å². The van der Waals surface area contributed by atoms with Gasteiger partial charge in [0, 0.05) is 23.5 Å². The average molecular weight is 364 g/mol. The van der Waals surface area contributed by atoms with E-state index in [9.17, 15) is 8.42 Å². The first-order valence-electron chi connectivity index (χ1n) is 7.90. The van der Waals surface area contributed by atoms with Crippen molar-refractivity contribution in [1.82, 2.24) is 0 Å². The van der Waals surface area contributed by atoms with Gasteiger partial charge in [0.2, 0.25) is 0 Å². The van der Waals surface area contributed by atoms with Crippen LogP contribution in [-0.2, 0) is 22.7 Å². The third-order valence-electron chi connectivity index (χ3n) is 4.07. The molecule has 0 fully saturated rings. The van der Waals surface area contributed by atoms with Crippen molar-refractivity contribution in [2.75, 3.05) is 37.2 Å². The van der Waals surface area contributed by atoms with E-state index in [0.29, 0.717) is 35.7 Å². The third-order valence-corrected chi connectivity index (χ3v) is 5.72. The first-order valence-corrected chi connectivity index (χ1v) is 9.72. The molecule has 0 saturated carbocycles. The van der Waals surface area contributed by atoms with Crippen LogP contribution in [0.5, 0.6) is 11.5 Å². The molecule has 0 spiro atoms. The topological polar surface area (TPSA) is 105 Å². The Kier molecular flexibility index (Phi) is 6.14. The SMILES string of the molecule is COc1ccc(CCS(=O)(=O)CCc2ccc(OC)cc2N)c(N)c1. The molecule has 6 nitrogen and oxygen atoms in total. The first-order chi connectivity index (χ1) is 11.8. The maximum absolute atomic E-state index is 12.3. The van der Waals surface area contributed by atoms with Crippen molar-refractivity contribution in [3.05, 3.63) is 47.5 Å². The number of nitrogen functional groups attached to an aromatic ring is 2. The van der Waals surface area contributed by atoms with Gasteiger partial charge in [0.1, 0.15) is 11.5 Å². The molecule has 0 saturated heterocycles. The molecule has 25 heavy (non-hydrogen) atoms. The summed E-state index contributed by atoms with van der Waals surface area (Å²) in [6, 6.07) is 10.5. The van der Waals surface area contributed by atoms with Gasteiger partial charge in [-0.05, 0) is 36.1 Å². The maximum Gasteiger partial charge on any atom is 0.150 e. The maximum atomic E-state index is 12.3. The largest absolute Gasteiger partial charge is 0.497 e. The number of aryl methyl sites for hydroxylation is 2. The number of hydrogen-bond acceptors (Lipinski definition) is 6. The standard InChI is InChI=1S/C18H24N2O4S/c1-23-15-5-3-13(17(19)11-15)7-9-25(21,22)10-8-14-4-6-16(24-2)12-18(14)20/h3-6,11-12H,7-10,19-20H2,1-2H3. The van der Waals surface area contributed by atoms with E-state index < -0.39 is 9.84 Å². The molecule has 4 N–H and O–H groups in total. The van der Waals surface area contributed by atoms with E-state index in [1.54, 1.807) is 50.6 Å². The Morgan fingerprint density at radius 1 is 0.800 bits per heavy atom. The minimum atomic E-state index is -3.22. The highest BCUT2D eigenvalue weighted by Gasteiger charge is 2.14. The Morgan fingerprint density at radius 3 is 1.52 bits per heavy atom. The molecule has 0 heterocycles. The molecule has 0 bridgehead atoms. The van der Waals surface area contributed by atoms with Crippen LogP contribution >= 0.6 is 0 Å². The van der Waals surface area contributed by atoms with E-state index in [-0.39, 0.29) is 11.5 Å². The van der Waals surface area contributed by atoms with E-state index in [1.807, 2.05) is 0 Å². The van der Waals surface area contributed by atoms with E-state index in [1.165, 1.54) is 0 Å². The van der Waals surface area contributed by atoms with Gasteiger partial charge in [-0.15, -0.1) is 0 Å². The number of anilines is 2. The average Bonchev–Trinajstić information content (AvgIpc) is 2.59. The highest BCUT2D eigenvalue weighted by Crippen LogP contribution is 2.22. The number of methoxy groups -OCH3 is 2. The smallest absolute Gasteiger partial charge is 0.150 e. The Balaban J connectivity index is 1.96. The minimum absolute atomic E-state index is 0.0413. The van der Waals surface area contributed by atoms with Gasteiger partial charge < -0.3 is 20.9 Å². The Labute approximate surface area is 148 Å². The fourth-order valence-corrected chi connectivity index (χ4v) is 3.75. The summed E-state index contributed by atoms with van der Waals surface area (Å²) in [5.74, 6) is 1.39. The number of rotatable bonds is 8. The van der Waals surface area contributed by atoms with Crippen molar-refractivity contribution in [2.24, 2.45) is 0 Å². The Hall–Kier alpha value is -2.41. The molecule has 7 heteroatoms. The second-order valence-electron chi connectivity index (χ2n) is 5.78. The van der Waals surface area contributed by atoms with E-state index >= 15 is 0 Å². The molecule has 0 aliphatic carbocycles. The van der Waals surface area contributed by atoms with E-state index in [4.69, 9.17) is 20.9 Å². The number of hydrogen-bond donors (Lipinski definition) is 2. The second kappa shape index (κ2) is 8.11. The fraction of sp³-hybridized carbons (Fsp3) is 0.333. The summed E-state index contributed by atoms with van der Waals surface area (Å²) in [7, 11) is -0.0979. The van der Waals surface area contributed by atoms with Crippen molar-refractivity contribution in [2.45, 2.75) is 12.8 Å². The lowest BCUT2D eigenvalue weighted by Gasteiger charge is -2.10. The fourth-order valence-electron chi connectivity index (χ4n) is 2.49. The van der Waals surface area contributed by atoms with Crippen molar-refractivity contribution in [3.8, 4) is 11.5 Å². The lowest BCUT2D eigenvalue weighted by molar-refractivity contribution is 0.415. The van der Waals surface area contributed by atoms with Crippen LogP contribution in [0, 0.1) is 0 Å². The first kappa shape index (κ1) is 18.9. The molecular formula is C18H24N2O4S. The molecule has 2 aromatic rings. The van der Waals surface area contributed by atoms with Crippen LogP contribution in [0.4, 0.5) is 11.4 Å². The summed E-state index contributed by atoms with van der Waals surface area (Å²) in [5.41, 5.74) is 14.5. The summed E-state index contributed by atoms with van der Waals surface area (Å²) in [4.78, 5) is 0. The molecule has 0 radical (unpaired) electrons. The molecule has 0 amide bonds. The molecule has 0 unspecified atom stereocenters. The number of benzene rings is 2. The predicted molar refractivity (Wildman–Crippen MR) is 101 cm³/mol. The van der Waals surface area contributed by atoms with Gasteiger partial charge in [-0.25, -0.2) is 8.42 Å². The molecule has 2 rings (SSSR count). The summed E-state index contributed by atoms with van der Waals surface area (Å²) < 4.78 is 34.8. The zero-order chi connectivity index (χ0) is 18.4. The van der Waals surface area contributed by atoms with Crippen LogP contribution in [0.1, 0.15) is 11.1 Å². The molecule has 0 aliphatic heterocycles. The molecule has 136 valence electrons. The van der Waals surface area contributed by atoms with Gasteiger partial charge in [0.15, 0.2) is 9.84 Å². The van der Waals surface area contributed by atoms with Crippen LogP contribution < -0.4 is 20.9 Å². The molecular weight excluding hydrogens is 340 g/mol. The van der Waals surface area contributed by atoms with Gasteiger partial charge in [0.05, 0.1) is 25.7 Å². The van der Waals surface area contributed by atoms with Gasteiger partial charge >= 0.3 is 0 Å². The van der Waals surface area contributed by atoms with Gasteiger partial charge in [-0.3, -0.25) is 0 Å². The lowest BCUT2D eigenvalue weighted by atomic mass is 10.1. The monoisotopic (exact) mass is 364 g/mol. The summed E-state index contributed by atoms with van der Waals surface area (Å²) in [5, 5.41) is 0. The summed E-state index contributed by atoms with van der Waals surface area (Å²) in [6.07, 6.45) is 0.743. The molecule has 2 aromatic carbocycles. The minimum Gasteiger partial charge on any atom is -0.497 e. The Bertz CT molecular complexity index is 771. The van der Waals surface area contributed by atoms with Crippen LogP contribution in [-0.4, -0.2) is 34.1 Å². The van der Waals surface area contributed by atoms with Crippen LogP contribution in [0.2, 0.25) is 0 Å². The summed E-state index contributed by atoms with van der Waals surface area (Å²) >= 11 is 0.